The first kappa shape index (κ1) is 31.1. The molecule has 13 heteroatoms. The van der Waals surface area contributed by atoms with Crippen molar-refractivity contribution < 1.29 is 37.1 Å². The predicted molar refractivity (Wildman–Crippen MR) is 149 cm³/mol. The molecular formula is C31H42F3N5O5. The van der Waals surface area contributed by atoms with Gasteiger partial charge >= 0.3 is 12.1 Å². The second-order valence-electron chi connectivity index (χ2n) is 15.7. The third-order valence-corrected chi connectivity index (χ3v) is 11.6. The molecule has 5 aliphatic carbocycles. The van der Waals surface area contributed by atoms with E-state index in [9.17, 15) is 37.6 Å². The maximum Gasteiger partial charge on any atom is 0.471 e. The number of carbonyl (C=O) groups is 4. The molecule has 0 spiro atoms. The SMILES string of the molecule is CC1(C)COC(CC(C#N)NC(=O)C2C3C(CN2C(=O)C(NC(=O)C(F)(F)F)C24CC5CC(CC(C5)C2)C4)C3(C)C)C(=O)N1. The van der Waals surface area contributed by atoms with Crippen molar-refractivity contribution in [3.8, 4) is 6.07 Å². The maximum atomic E-state index is 14.4. The fraction of sp³-hybridized carbons (Fsp3) is 0.839. The number of hydrogen-bond acceptors (Lipinski definition) is 6. The van der Waals surface area contributed by atoms with Gasteiger partial charge in [0.15, 0.2) is 0 Å². The average Bonchev–Trinajstić information content (AvgIpc) is 3.23. The van der Waals surface area contributed by atoms with Gasteiger partial charge in [0.05, 0.1) is 18.2 Å². The number of fused-ring (bicyclic) bond motifs is 1. The first-order valence-corrected chi connectivity index (χ1v) is 15.8. The Morgan fingerprint density at radius 2 is 1.66 bits per heavy atom. The van der Waals surface area contributed by atoms with Crippen molar-refractivity contribution in [3.05, 3.63) is 0 Å². The molecule has 2 saturated heterocycles. The molecule has 6 unspecified atom stereocenters. The van der Waals surface area contributed by atoms with Crippen molar-refractivity contribution >= 4 is 23.6 Å². The van der Waals surface area contributed by atoms with Gasteiger partial charge < -0.3 is 25.6 Å². The lowest BCUT2D eigenvalue weighted by molar-refractivity contribution is -0.179. The molecule has 5 saturated carbocycles. The van der Waals surface area contributed by atoms with Crippen LogP contribution in [0.3, 0.4) is 0 Å². The van der Waals surface area contributed by atoms with Crippen LogP contribution in [0.25, 0.3) is 0 Å². The van der Waals surface area contributed by atoms with Gasteiger partial charge in [0, 0.05) is 18.4 Å². The lowest BCUT2D eigenvalue weighted by atomic mass is 9.47. The number of carbonyl (C=O) groups excluding carboxylic acids is 4. The molecule has 4 bridgehead atoms. The van der Waals surface area contributed by atoms with Crippen LogP contribution in [0.5, 0.6) is 0 Å². The summed E-state index contributed by atoms with van der Waals surface area (Å²) in [4.78, 5) is 54.6. The van der Waals surface area contributed by atoms with E-state index in [-0.39, 0.29) is 36.8 Å². The molecule has 242 valence electrons. The minimum absolute atomic E-state index is 0.0484. The minimum atomic E-state index is -5.16. The molecule has 2 aliphatic heterocycles. The first-order valence-electron chi connectivity index (χ1n) is 15.8. The number of rotatable bonds is 7. The van der Waals surface area contributed by atoms with Crippen LogP contribution >= 0.6 is 0 Å². The highest BCUT2D eigenvalue weighted by Crippen LogP contribution is 2.66. The number of amides is 4. The Labute approximate surface area is 255 Å². The van der Waals surface area contributed by atoms with E-state index >= 15 is 0 Å². The molecule has 44 heavy (non-hydrogen) atoms. The smallest absolute Gasteiger partial charge is 0.366 e. The van der Waals surface area contributed by atoms with Crippen LogP contribution in [-0.4, -0.2) is 77.6 Å². The van der Waals surface area contributed by atoms with E-state index < -0.39 is 65.0 Å². The first-order chi connectivity index (χ1) is 20.4. The van der Waals surface area contributed by atoms with Gasteiger partial charge in [-0.2, -0.15) is 18.4 Å². The van der Waals surface area contributed by atoms with E-state index in [1.165, 1.54) is 4.90 Å². The van der Waals surface area contributed by atoms with E-state index in [1.54, 1.807) is 13.8 Å². The number of nitrogens with one attached hydrogen (secondary N) is 3. The summed E-state index contributed by atoms with van der Waals surface area (Å²) in [6.45, 7) is 7.98. The molecule has 10 nitrogen and oxygen atoms in total. The molecule has 2 heterocycles. The van der Waals surface area contributed by atoms with Gasteiger partial charge in [-0.15, -0.1) is 0 Å². The van der Waals surface area contributed by atoms with Crippen LogP contribution in [-0.2, 0) is 23.9 Å². The van der Waals surface area contributed by atoms with Gasteiger partial charge in [0.25, 0.3) is 0 Å². The monoisotopic (exact) mass is 621 g/mol. The molecular weight excluding hydrogens is 579 g/mol. The van der Waals surface area contributed by atoms with Crippen molar-refractivity contribution in [3.63, 3.8) is 0 Å². The summed E-state index contributed by atoms with van der Waals surface area (Å²) < 4.78 is 46.4. The maximum absolute atomic E-state index is 14.4. The number of hydrogen-bond donors (Lipinski definition) is 3. The lowest BCUT2D eigenvalue weighted by Gasteiger charge is -2.59. The van der Waals surface area contributed by atoms with E-state index in [0.29, 0.717) is 37.0 Å². The third-order valence-electron chi connectivity index (χ3n) is 11.6. The Morgan fingerprint density at radius 1 is 1.07 bits per heavy atom. The van der Waals surface area contributed by atoms with Crippen molar-refractivity contribution in [1.29, 1.82) is 5.26 Å². The summed E-state index contributed by atoms with van der Waals surface area (Å²) in [5.74, 6) is -3.15. The second-order valence-corrected chi connectivity index (χ2v) is 15.7. The summed E-state index contributed by atoms with van der Waals surface area (Å²) in [5, 5.41) is 17.5. The average molecular weight is 622 g/mol. The van der Waals surface area contributed by atoms with E-state index in [2.05, 4.69) is 16.0 Å². The molecule has 0 aromatic carbocycles. The highest BCUT2D eigenvalue weighted by molar-refractivity contribution is 5.95. The Hall–Kier alpha value is -2.88. The zero-order chi connectivity index (χ0) is 32.0. The number of ether oxygens (including phenoxy) is 1. The minimum Gasteiger partial charge on any atom is -0.366 e. The number of nitrogens with zero attached hydrogens (tertiary/aromatic N) is 2. The number of piperidine rings is 1. The van der Waals surface area contributed by atoms with E-state index in [0.717, 1.165) is 19.3 Å². The molecule has 0 radical (unpaired) electrons. The van der Waals surface area contributed by atoms with Gasteiger partial charge in [0.1, 0.15) is 24.2 Å². The third kappa shape index (κ3) is 5.35. The number of nitriles is 1. The number of alkyl halides is 3. The summed E-state index contributed by atoms with van der Waals surface area (Å²) in [5.41, 5.74) is -1.64. The quantitative estimate of drug-likeness (QED) is 0.399. The van der Waals surface area contributed by atoms with Gasteiger partial charge in [-0.05, 0) is 87.4 Å². The van der Waals surface area contributed by atoms with Gasteiger partial charge in [-0.25, -0.2) is 0 Å². The van der Waals surface area contributed by atoms with Gasteiger partial charge in [-0.1, -0.05) is 13.8 Å². The zero-order valence-electron chi connectivity index (χ0n) is 25.6. The Bertz CT molecular complexity index is 1260. The van der Waals surface area contributed by atoms with Crippen LogP contribution in [0.2, 0.25) is 0 Å². The molecule has 3 N–H and O–H groups in total. The zero-order valence-corrected chi connectivity index (χ0v) is 25.6. The summed E-state index contributed by atoms with van der Waals surface area (Å²) in [6.07, 6.45) is -1.48. The molecule has 0 aromatic heterocycles. The normalized spacial score (nSPS) is 39.0. The van der Waals surface area contributed by atoms with Crippen molar-refractivity contribution in [2.24, 2.45) is 40.4 Å². The largest absolute Gasteiger partial charge is 0.471 e. The van der Waals surface area contributed by atoms with Crippen LogP contribution in [0.1, 0.15) is 72.6 Å². The molecule has 6 atom stereocenters. The van der Waals surface area contributed by atoms with Crippen molar-refractivity contribution in [2.75, 3.05) is 13.2 Å². The van der Waals surface area contributed by atoms with E-state index in [1.807, 2.05) is 19.9 Å². The number of morpholine rings is 1. The fourth-order valence-electron chi connectivity index (χ4n) is 9.82. The Morgan fingerprint density at radius 3 is 2.18 bits per heavy atom. The molecule has 4 amide bonds. The molecule has 7 aliphatic rings. The van der Waals surface area contributed by atoms with Gasteiger partial charge in [-0.3, -0.25) is 19.2 Å². The highest BCUT2D eigenvalue weighted by Gasteiger charge is 2.70. The summed E-state index contributed by atoms with van der Waals surface area (Å²) in [6, 6.07) is -1.49. The fourth-order valence-corrected chi connectivity index (χ4v) is 9.82. The number of likely N-dealkylation sites (tertiary alicyclic amines) is 1. The van der Waals surface area contributed by atoms with Crippen molar-refractivity contribution in [2.45, 2.75) is 109 Å². The number of halogens is 3. The Balaban J connectivity index is 1.24. The van der Waals surface area contributed by atoms with E-state index in [4.69, 9.17) is 4.74 Å². The molecule has 7 fully saturated rings. The van der Waals surface area contributed by atoms with Gasteiger partial charge in [0.2, 0.25) is 17.7 Å². The topological polar surface area (TPSA) is 141 Å². The predicted octanol–water partition coefficient (Wildman–Crippen LogP) is 2.42. The van der Waals surface area contributed by atoms with Crippen LogP contribution < -0.4 is 16.0 Å². The standard InChI is InChI=1S/C31H42F3N5O5/c1-28(2)14-44-20(24(40)38-28)8-18(12-35)36-25(41)22-21-19(29(21,3)4)13-39(22)26(42)23(37-27(43)31(32,33)34)30-9-15-5-16(10-30)7-17(6-15)11-30/h15-23H,5-11,13-14H2,1-4H3,(H,36,41)(H,37,43)(H,38,40). The highest BCUT2D eigenvalue weighted by atomic mass is 19.4. The second kappa shape index (κ2) is 10.3. The lowest BCUT2D eigenvalue weighted by Crippen LogP contribution is -2.65. The van der Waals surface area contributed by atoms with Crippen molar-refractivity contribution in [1.82, 2.24) is 20.9 Å². The summed E-state index contributed by atoms with van der Waals surface area (Å²) in [7, 11) is 0. The summed E-state index contributed by atoms with van der Waals surface area (Å²) >= 11 is 0. The molecule has 0 aromatic rings. The van der Waals surface area contributed by atoms with Crippen LogP contribution in [0.15, 0.2) is 0 Å². The van der Waals surface area contributed by atoms with Crippen LogP contribution in [0, 0.1) is 51.8 Å². The Kier molecular flexibility index (Phi) is 7.30. The van der Waals surface area contributed by atoms with Crippen LogP contribution in [0.4, 0.5) is 13.2 Å². The molecule has 7 rings (SSSR count).